The molecule has 1 aromatic carbocycles. The molecule has 4 rings (SSSR count). The highest BCUT2D eigenvalue weighted by atomic mass is 32.1. The van der Waals surface area contributed by atoms with E-state index in [1.807, 2.05) is 41.3 Å². The van der Waals surface area contributed by atoms with Gasteiger partial charge >= 0.3 is 6.03 Å². The lowest BCUT2D eigenvalue weighted by molar-refractivity contribution is 0.208. The first-order valence-corrected chi connectivity index (χ1v) is 8.68. The van der Waals surface area contributed by atoms with Gasteiger partial charge in [-0.05, 0) is 24.3 Å². The van der Waals surface area contributed by atoms with Crippen molar-refractivity contribution in [2.24, 2.45) is 0 Å². The van der Waals surface area contributed by atoms with Crippen molar-refractivity contribution in [1.29, 1.82) is 0 Å². The monoisotopic (exact) mass is 339 g/mol. The zero-order valence-electron chi connectivity index (χ0n) is 13.1. The molecule has 2 amide bonds. The third-order valence-electron chi connectivity index (χ3n) is 4.10. The standard InChI is InChI=1S/C17H17N5OS/c23-17(20-16-19-14-3-1-2-4-15(14)24-16)22-11-9-21(10-12-22)13-5-7-18-8-6-13/h1-8H,9-12H2,(H,19,20,23). The van der Waals surface area contributed by atoms with Crippen molar-refractivity contribution < 1.29 is 4.79 Å². The van der Waals surface area contributed by atoms with E-state index < -0.39 is 0 Å². The third kappa shape index (κ3) is 3.03. The summed E-state index contributed by atoms with van der Waals surface area (Å²) in [5, 5.41) is 3.57. The highest BCUT2D eigenvalue weighted by Crippen LogP contribution is 2.25. The minimum Gasteiger partial charge on any atom is -0.368 e. The molecule has 0 atom stereocenters. The second kappa shape index (κ2) is 6.45. The number of urea groups is 1. The zero-order chi connectivity index (χ0) is 16.4. The first-order valence-electron chi connectivity index (χ1n) is 7.86. The second-order valence-electron chi connectivity index (χ2n) is 5.60. The number of para-hydroxylation sites is 1. The Morgan fingerprint density at radius 3 is 2.54 bits per heavy atom. The van der Waals surface area contributed by atoms with Crippen molar-refractivity contribution in [1.82, 2.24) is 14.9 Å². The van der Waals surface area contributed by atoms with E-state index in [0.717, 1.165) is 29.0 Å². The van der Waals surface area contributed by atoms with E-state index in [-0.39, 0.29) is 6.03 Å². The Morgan fingerprint density at radius 2 is 1.79 bits per heavy atom. The first kappa shape index (κ1) is 14.9. The van der Waals surface area contributed by atoms with E-state index in [4.69, 9.17) is 0 Å². The average Bonchev–Trinajstić information content (AvgIpc) is 3.05. The van der Waals surface area contributed by atoms with E-state index in [2.05, 4.69) is 20.2 Å². The zero-order valence-corrected chi connectivity index (χ0v) is 13.9. The molecule has 1 aliphatic heterocycles. The maximum atomic E-state index is 12.4. The van der Waals surface area contributed by atoms with Gasteiger partial charge in [0.15, 0.2) is 5.13 Å². The van der Waals surface area contributed by atoms with Gasteiger partial charge in [-0.1, -0.05) is 23.5 Å². The second-order valence-corrected chi connectivity index (χ2v) is 6.63. The lowest BCUT2D eigenvalue weighted by Crippen LogP contribution is -2.50. The van der Waals surface area contributed by atoms with E-state index >= 15 is 0 Å². The van der Waals surface area contributed by atoms with Crippen molar-refractivity contribution in [3.8, 4) is 0 Å². The predicted molar refractivity (Wildman–Crippen MR) is 96.7 cm³/mol. The highest BCUT2D eigenvalue weighted by Gasteiger charge is 2.22. The van der Waals surface area contributed by atoms with Crippen LogP contribution in [0.25, 0.3) is 10.2 Å². The number of amides is 2. The number of fused-ring (bicyclic) bond motifs is 1. The summed E-state index contributed by atoms with van der Waals surface area (Å²) in [4.78, 5) is 25.0. The highest BCUT2D eigenvalue weighted by molar-refractivity contribution is 7.22. The number of benzene rings is 1. The molecule has 0 saturated carbocycles. The molecule has 1 aliphatic rings. The molecule has 0 radical (unpaired) electrons. The molecule has 3 heterocycles. The van der Waals surface area contributed by atoms with Crippen LogP contribution in [-0.4, -0.2) is 47.1 Å². The van der Waals surface area contributed by atoms with Gasteiger partial charge in [0.1, 0.15) is 0 Å². The number of carbonyl (C=O) groups is 1. The number of hydrogen-bond donors (Lipinski definition) is 1. The summed E-state index contributed by atoms with van der Waals surface area (Å²) in [7, 11) is 0. The SMILES string of the molecule is O=C(Nc1nc2ccccc2s1)N1CCN(c2ccncc2)CC1. The summed E-state index contributed by atoms with van der Waals surface area (Å²) in [6.45, 7) is 3.02. The number of piperazine rings is 1. The molecule has 24 heavy (non-hydrogen) atoms. The van der Waals surface area contributed by atoms with Crippen molar-refractivity contribution in [2.75, 3.05) is 36.4 Å². The van der Waals surface area contributed by atoms with Crippen LogP contribution in [0.3, 0.4) is 0 Å². The predicted octanol–water partition coefficient (Wildman–Crippen LogP) is 3.05. The number of rotatable bonds is 2. The first-order chi connectivity index (χ1) is 11.8. The molecule has 2 aromatic heterocycles. The number of aromatic nitrogens is 2. The maximum Gasteiger partial charge on any atom is 0.323 e. The molecule has 0 unspecified atom stereocenters. The van der Waals surface area contributed by atoms with Crippen LogP contribution in [0.2, 0.25) is 0 Å². The number of pyridine rings is 1. The number of nitrogens with one attached hydrogen (secondary N) is 1. The Hall–Kier alpha value is -2.67. The Balaban J connectivity index is 1.37. The number of anilines is 2. The van der Waals surface area contributed by atoms with Crippen LogP contribution < -0.4 is 10.2 Å². The van der Waals surface area contributed by atoms with Crippen molar-refractivity contribution >= 4 is 38.4 Å². The van der Waals surface area contributed by atoms with Crippen molar-refractivity contribution in [3.05, 3.63) is 48.8 Å². The number of nitrogens with zero attached hydrogens (tertiary/aromatic N) is 4. The van der Waals surface area contributed by atoms with Gasteiger partial charge in [-0.25, -0.2) is 9.78 Å². The normalized spacial score (nSPS) is 14.8. The fourth-order valence-electron chi connectivity index (χ4n) is 2.82. The smallest absolute Gasteiger partial charge is 0.323 e. The molecule has 0 bridgehead atoms. The molecule has 7 heteroatoms. The van der Waals surface area contributed by atoms with Gasteiger partial charge in [0.05, 0.1) is 10.2 Å². The lowest BCUT2D eigenvalue weighted by atomic mass is 10.3. The quantitative estimate of drug-likeness (QED) is 0.779. The van der Waals surface area contributed by atoms with E-state index in [1.165, 1.54) is 11.3 Å². The molecule has 0 aliphatic carbocycles. The minimum absolute atomic E-state index is 0.0802. The Bertz CT molecular complexity index is 809. The molecule has 122 valence electrons. The fraction of sp³-hybridized carbons (Fsp3) is 0.235. The van der Waals surface area contributed by atoms with Gasteiger partial charge in [0, 0.05) is 44.3 Å². The van der Waals surface area contributed by atoms with E-state index in [0.29, 0.717) is 18.2 Å². The van der Waals surface area contributed by atoms with Crippen molar-refractivity contribution in [2.45, 2.75) is 0 Å². The fourth-order valence-corrected chi connectivity index (χ4v) is 3.67. The van der Waals surface area contributed by atoms with Gasteiger partial charge in [-0.3, -0.25) is 10.3 Å². The summed E-state index contributed by atoms with van der Waals surface area (Å²) in [5.41, 5.74) is 2.07. The summed E-state index contributed by atoms with van der Waals surface area (Å²) in [6.07, 6.45) is 3.59. The van der Waals surface area contributed by atoms with E-state index in [1.54, 1.807) is 12.4 Å². The molecule has 1 saturated heterocycles. The Labute approximate surface area is 143 Å². The van der Waals surface area contributed by atoms with Gasteiger partial charge < -0.3 is 9.80 Å². The summed E-state index contributed by atoms with van der Waals surface area (Å²) in [6, 6.07) is 11.8. The van der Waals surface area contributed by atoms with Crippen LogP contribution in [0.5, 0.6) is 0 Å². The Morgan fingerprint density at radius 1 is 1.04 bits per heavy atom. The number of thiazole rings is 1. The molecular formula is C17H17N5OS. The van der Waals surface area contributed by atoms with E-state index in [9.17, 15) is 4.79 Å². The van der Waals surface area contributed by atoms with Crippen LogP contribution >= 0.6 is 11.3 Å². The Kier molecular flexibility index (Phi) is 4.00. The van der Waals surface area contributed by atoms with Crippen LogP contribution in [0.15, 0.2) is 48.8 Å². The van der Waals surface area contributed by atoms with Gasteiger partial charge in [-0.15, -0.1) is 0 Å². The topological polar surface area (TPSA) is 61.4 Å². The van der Waals surface area contributed by atoms with Gasteiger partial charge in [-0.2, -0.15) is 0 Å². The molecule has 0 spiro atoms. The minimum atomic E-state index is -0.0802. The largest absolute Gasteiger partial charge is 0.368 e. The number of hydrogen-bond acceptors (Lipinski definition) is 5. The summed E-state index contributed by atoms with van der Waals surface area (Å²) < 4.78 is 1.08. The van der Waals surface area contributed by atoms with Crippen LogP contribution in [-0.2, 0) is 0 Å². The molecule has 1 N–H and O–H groups in total. The van der Waals surface area contributed by atoms with Crippen LogP contribution in [0, 0.1) is 0 Å². The third-order valence-corrected chi connectivity index (χ3v) is 5.05. The summed E-state index contributed by atoms with van der Waals surface area (Å²) >= 11 is 1.50. The maximum absolute atomic E-state index is 12.4. The molecule has 6 nitrogen and oxygen atoms in total. The average molecular weight is 339 g/mol. The molecule has 3 aromatic rings. The lowest BCUT2D eigenvalue weighted by Gasteiger charge is -2.35. The van der Waals surface area contributed by atoms with Crippen molar-refractivity contribution in [3.63, 3.8) is 0 Å². The van der Waals surface area contributed by atoms with Gasteiger partial charge in [0.25, 0.3) is 0 Å². The number of carbonyl (C=O) groups excluding carboxylic acids is 1. The molecular weight excluding hydrogens is 322 g/mol. The van der Waals surface area contributed by atoms with Gasteiger partial charge in [0.2, 0.25) is 0 Å². The van der Waals surface area contributed by atoms with Crippen LogP contribution in [0.1, 0.15) is 0 Å². The molecule has 1 fully saturated rings. The summed E-state index contributed by atoms with van der Waals surface area (Å²) in [5.74, 6) is 0. The van der Waals surface area contributed by atoms with Crippen LogP contribution in [0.4, 0.5) is 15.6 Å².